The second kappa shape index (κ2) is 8.44. The minimum absolute atomic E-state index is 0.123. The summed E-state index contributed by atoms with van der Waals surface area (Å²) in [5.74, 6) is -0.123. The van der Waals surface area contributed by atoms with E-state index in [9.17, 15) is 4.79 Å². The third kappa shape index (κ3) is 6.52. The van der Waals surface area contributed by atoms with E-state index in [1.165, 1.54) is 0 Å². The average molecular weight is 333 g/mol. The van der Waals surface area contributed by atoms with E-state index in [0.717, 1.165) is 13.1 Å². The Labute approximate surface area is 136 Å². The summed E-state index contributed by atoms with van der Waals surface area (Å²) in [6, 6.07) is 3.12. The SMILES string of the molecule is CN(C)CCN(C)CCC(=O)Nc1c(N)cc(Cl)cc1Cl. The lowest BCUT2D eigenvalue weighted by Gasteiger charge is -2.19. The second-order valence-electron chi connectivity index (χ2n) is 5.26. The first kappa shape index (κ1) is 18.0. The van der Waals surface area contributed by atoms with Crippen LogP contribution in [0.15, 0.2) is 12.1 Å². The molecule has 0 saturated carbocycles. The predicted octanol–water partition coefficient (Wildman–Crippen LogP) is 2.40. The van der Waals surface area contributed by atoms with Gasteiger partial charge in [0.25, 0.3) is 0 Å². The van der Waals surface area contributed by atoms with Crippen LogP contribution in [0.1, 0.15) is 6.42 Å². The molecule has 5 nitrogen and oxygen atoms in total. The monoisotopic (exact) mass is 332 g/mol. The van der Waals surface area contributed by atoms with E-state index in [1.807, 2.05) is 21.1 Å². The van der Waals surface area contributed by atoms with Gasteiger partial charge in [-0.05, 0) is 33.3 Å². The number of benzene rings is 1. The fourth-order valence-electron chi connectivity index (χ4n) is 1.70. The van der Waals surface area contributed by atoms with Crippen LogP contribution >= 0.6 is 23.2 Å². The van der Waals surface area contributed by atoms with Gasteiger partial charge in [0.1, 0.15) is 0 Å². The smallest absolute Gasteiger partial charge is 0.225 e. The van der Waals surface area contributed by atoms with Crippen LogP contribution in [0.3, 0.4) is 0 Å². The first-order chi connectivity index (χ1) is 9.79. The van der Waals surface area contributed by atoms with Crippen molar-refractivity contribution in [3.8, 4) is 0 Å². The van der Waals surface area contributed by atoms with Crippen LogP contribution < -0.4 is 11.1 Å². The standard InChI is InChI=1S/C14H22Cl2N4O/c1-19(2)6-7-20(3)5-4-13(21)18-14-11(16)8-10(15)9-12(14)17/h8-9H,4-7,17H2,1-3H3,(H,18,21). The highest BCUT2D eigenvalue weighted by molar-refractivity contribution is 6.37. The van der Waals surface area contributed by atoms with Gasteiger partial charge in [0, 0.05) is 31.1 Å². The summed E-state index contributed by atoms with van der Waals surface area (Å²) in [5, 5.41) is 3.52. The molecule has 0 aromatic heterocycles. The molecule has 0 heterocycles. The van der Waals surface area contributed by atoms with Crippen LogP contribution in [0.5, 0.6) is 0 Å². The average Bonchev–Trinajstić information content (AvgIpc) is 2.38. The number of nitrogen functional groups attached to an aromatic ring is 1. The summed E-state index contributed by atoms with van der Waals surface area (Å²) in [7, 11) is 6.03. The summed E-state index contributed by atoms with van der Waals surface area (Å²) in [5.41, 5.74) is 6.59. The number of nitrogens with one attached hydrogen (secondary N) is 1. The maximum Gasteiger partial charge on any atom is 0.225 e. The molecule has 1 aromatic rings. The van der Waals surface area contributed by atoms with Crippen molar-refractivity contribution in [1.82, 2.24) is 9.80 Å². The van der Waals surface area contributed by atoms with Gasteiger partial charge in [-0.15, -0.1) is 0 Å². The Morgan fingerprint density at radius 1 is 1.19 bits per heavy atom. The molecule has 1 aromatic carbocycles. The summed E-state index contributed by atoms with van der Waals surface area (Å²) in [4.78, 5) is 16.2. The number of hydrogen-bond donors (Lipinski definition) is 2. The fraction of sp³-hybridized carbons (Fsp3) is 0.500. The molecule has 0 saturated heterocycles. The fourth-order valence-corrected chi connectivity index (χ4v) is 2.26. The van der Waals surface area contributed by atoms with Gasteiger partial charge in [-0.1, -0.05) is 23.2 Å². The summed E-state index contributed by atoms with van der Waals surface area (Å²) in [6.07, 6.45) is 0.377. The van der Waals surface area contributed by atoms with Crippen molar-refractivity contribution in [2.75, 3.05) is 51.8 Å². The van der Waals surface area contributed by atoms with Crippen LogP contribution in [-0.4, -0.2) is 56.5 Å². The number of carbonyl (C=O) groups excluding carboxylic acids is 1. The topological polar surface area (TPSA) is 61.6 Å². The van der Waals surface area contributed by atoms with Crippen molar-refractivity contribution in [3.63, 3.8) is 0 Å². The second-order valence-corrected chi connectivity index (χ2v) is 6.10. The van der Waals surface area contributed by atoms with Crippen LogP contribution in [0.4, 0.5) is 11.4 Å². The third-order valence-electron chi connectivity index (χ3n) is 3.00. The highest BCUT2D eigenvalue weighted by atomic mass is 35.5. The van der Waals surface area contributed by atoms with Crippen molar-refractivity contribution < 1.29 is 4.79 Å². The Morgan fingerprint density at radius 2 is 1.86 bits per heavy atom. The maximum atomic E-state index is 11.9. The lowest BCUT2D eigenvalue weighted by molar-refractivity contribution is -0.116. The van der Waals surface area contributed by atoms with Gasteiger partial charge >= 0.3 is 0 Å². The molecule has 0 unspecified atom stereocenters. The van der Waals surface area contributed by atoms with Crippen molar-refractivity contribution in [2.45, 2.75) is 6.42 Å². The number of rotatable bonds is 7. The Kier molecular flexibility index (Phi) is 7.25. The largest absolute Gasteiger partial charge is 0.397 e. The number of likely N-dealkylation sites (N-methyl/N-ethyl adjacent to an activating group) is 2. The van der Waals surface area contributed by atoms with Gasteiger partial charge in [0.05, 0.1) is 16.4 Å². The molecule has 21 heavy (non-hydrogen) atoms. The van der Waals surface area contributed by atoms with Gasteiger partial charge in [-0.3, -0.25) is 4.79 Å². The Balaban J connectivity index is 2.48. The highest BCUT2D eigenvalue weighted by Crippen LogP contribution is 2.32. The summed E-state index contributed by atoms with van der Waals surface area (Å²) < 4.78 is 0. The third-order valence-corrected chi connectivity index (χ3v) is 3.52. The summed E-state index contributed by atoms with van der Waals surface area (Å²) in [6.45, 7) is 2.53. The maximum absolute atomic E-state index is 11.9. The molecule has 0 fully saturated rings. The van der Waals surface area contributed by atoms with Crippen LogP contribution in [-0.2, 0) is 4.79 Å². The quantitative estimate of drug-likeness (QED) is 0.752. The number of nitrogens with two attached hydrogens (primary N) is 1. The Hall–Kier alpha value is -1.01. The Bertz CT molecular complexity index is 471. The molecule has 0 atom stereocenters. The zero-order valence-electron chi connectivity index (χ0n) is 12.6. The van der Waals surface area contributed by atoms with Gasteiger partial charge < -0.3 is 20.9 Å². The van der Waals surface area contributed by atoms with E-state index in [1.54, 1.807) is 12.1 Å². The highest BCUT2D eigenvalue weighted by Gasteiger charge is 2.11. The number of halogens is 2. The molecular weight excluding hydrogens is 311 g/mol. The zero-order chi connectivity index (χ0) is 16.0. The van der Waals surface area contributed by atoms with Crippen molar-refractivity contribution >= 4 is 40.5 Å². The van der Waals surface area contributed by atoms with Gasteiger partial charge in [-0.2, -0.15) is 0 Å². The number of carbonyl (C=O) groups is 1. The molecule has 0 bridgehead atoms. The van der Waals surface area contributed by atoms with Crippen LogP contribution in [0.2, 0.25) is 10.0 Å². The Morgan fingerprint density at radius 3 is 2.43 bits per heavy atom. The van der Waals surface area contributed by atoms with E-state index in [0.29, 0.717) is 34.4 Å². The summed E-state index contributed by atoms with van der Waals surface area (Å²) >= 11 is 11.9. The van der Waals surface area contributed by atoms with Crippen LogP contribution in [0, 0.1) is 0 Å². The lowest BCUT2D eigenvalue weighted by Crippen LogP contribution is -2.31. The van der Waals surface area contributed by atoms with Gasteiger partial charge in [-0.25, -0.2) is 0 Å². The van der Waals surface area contributed by atoms with Gasteiger partial charge in [0.15, 0.2) is 0 Å². The molecule has 1 amide bonds. The van der Waals surface area contributed by atoms with E-state index >= 15 is 0 Å². The van der Waals surface area contributed by atoms with Crippen molar-refractivity contribution in [3.05, 3.63) is 22.2 Å². The number of nitrogens with zero attached hydrogens (tertiary/aromatic N) is 2. The zero-order valence-corrected chi connectivity index (χ0v) is 14.1. The number of amides is 1. The molecule has 0 spiro atoms. The molecule has 0 aliphatic rings. The molecule has 0 aliphatic carbocycles. The first-order valence-electron chi connectivity index (χ1n) is 6.67. The molecular formula is C14H22Cl2N4O. The molecule has 7 heteroatoms. The molecule has 0 radical (unpaired) electrons. The van der Waals surface area contributed by atoms with E-state index < -0.39 is 0 Å². The predicted molar refractivity (Wildman–Crippen MR) is 90.2 cm³/mol. The molecule has 118 valence electrons. The number of hydrogen-bond acceptors (Lipinski definition) is 4. The normalized spacial score (nSPS) is 11.2. The first-order valence-corrected chi connectivity index (χ1v) is 7.43. The van der Waals surface area contributed by atoms with Crippen molar-refractivity contribution in [1.29, 1.82) is 0 Å². The molecule has 1 rings (SSSR count). The molecule has 3 N–H and O–H groups in total. The van der Waals surface area contributed by atoms with E-state index in [4.69, 9.17) is 28.9 Å². The van der Waals surface area contributed by atoms with Gasteiger partial charge in [0.2, 0.25) is 5.91 Å². The minimum atomic E-state index is -0.123. The minimum Gasteiger partial charge on any atom is -0.397 e. The van der Waals surface area contributed by atoms with Crippen molar-refractivity contribution in [2.24, 2.45) is 0 Å². The molecule has 0 aliphatic heterocycles. The van der Waals surface area contributed by atoms with E-state index in [2.05, 4.69) is 15.1 Å². The van der Waals surface area contributed by atoms with E-state index in [-0.39, 0.29) is 5.91 Å². The lowest BCUT2D eigenvalue weighted by atomic mass is 10.2. The van der Waals surface area contributed by atoms with Crippen LogP contribution in [0.25, 0.3) is 0 Å². The number of anilines is 2.